The van der Waals surface area contributed by atoms with Crippen LogP contribution in [0.25, 0.3) is 22.3 Å². The molecule has 1 fully saturated rings. The molecule has 1 aromatic heterocycles. The average molecular weight is 306 g/mol. The maximum atomic E-state index is 12.3. The second kappa shape index (κ2) is 5.85. The second-order valence-electron chi connectivity index (χ2n) is 5.69. The number of hydrogen-bond acceptors (Lipinski definition) is 4. The van der Waals surface area contributed by atoms with E-state index in [0.717, 1.165) is 42.9 Å². The summed E-state index contributed by atoms with van der Waals surface area (Å²) >= 11 is 0. The monoisotopic (exact) mass is 306 g/mol. The molecule has 0 saturated carbocycles. The van der Waals surface area contributed by atoms with Gasteiger partial charge in [-0.25, -0.2) is 4.98 Å². The largest absolute Gasteiger partial charge is 0.368 e. The van der Waals surface area contributed by atoms with Gasteiger partial charge in [0.25, 0.3) is 5.56 Å². The first-order chi connectivity index (χ1) is 11.3. The number of anilines is 1. The minimum atomic E-state index is -0.0966. The highest BCUT2D eigenvalue weighted by atomic mass is 16.1. The Hall–Kier alpha value is -2.66. The van der Waals surface area contributed by atoms with Gasteiger partial charge in [-0.2, -0.15) is 0 Å². The van der Waals surface area contributed by atoms with Crippen LogP contribution in [0, 0.1) is 0 Å². The van der Waals surface area contributed by atoms with Crippen molar-refractivity contribution in [3.05, 3.63) is 58.9 Å². The molecule has 0 unspecified atom stereocenters. The summed E-state index contributed by atoms with van der Waals surface area (Å²) in [5.41, 5.74) is 2.71. The summed E-state index contributed by atoms with van der Waals surface area (Å²) in [6.45, 7) is 3.84. The molecule has 116 valence electrons. The molecular weight excluding hydrogens is 288 g/mol. The topological polar surface area (TPSA) is 61.0 Å². The molecule has 4 rings (SSSR count). The van der Waals surface area contributed by atoms with Gasteiger partial charge in [0, 0.05) is 37.4 Å². The van der Waals surface area contributed by atoms with Crippen LogP contribution in [-0.4, -0.2) is 36.1 Å². The van der Waals surface area contributed by atoms with Gasteiger partial charge >= 0.3 is 0 Å². The van der Waals surface area contributed by atoms with Gasteiger partial charge < -0.3 is 15.2 Å². The average Bonchev–Trinajstić information content (AvgIpc) is 2.62. The number of piperazine rings is 1. The molecule has 0 radical (unpaired) electrons. The van der Waals surface area contributed by atoms with Crippen molar-refractivity contribution in [2.75, 3.05) is 31.1 Å². The highest BCUT2D eigenvalue weighted by Gasteiger charge is 2.16. The van der Waals surface area contributed by atoms with E-state index in [4.69, 9.17) is 0 Å². The SMILES string of the molecule is O=c1[nH]c(-c2ccccc2N2CCNCC2)nc2ccccc12. The van der Waals surface area contributed by atoms with Crippen LogP contribution >= 0.6 is 0 Å². The third kappa shape index (κ3) is 2.59. The summed E-state index contributed by atoms with van der Waals surface area (Å²) in [5, 5.41) is 3.98. The summed E-state index contributed by atoms with van der Waals surface area (Å²) in [7, 11) is 0. The van der Waals surface area contributed by atoms with Crippen molar-refractivity contribution in [3.63, 3.8) is 0 Å². The summed E-state index contributed by atoms with van der Waals surface area (Å²) in [6.07, 6.45) is 0. The van der Waals surface area contributed by atoms with E-state index in [2.05, 4.69) is 26.3 Å². The number of aromatic nitrogens is 2. The molecule has 23 heavy (non-hydrogen) atoms. The molecule has 0 atom stereocenters. The van der Waals surface area contributed by atoms with E-state index in [1.807, 2.05) is 36.4 Å². The van der Waals surface area contributed by atoms with Gasteiger partial charge in [-0.05, 0) is 24.3 Å². The third-order valence-corrected chi connectivity index (χ3v) is 4.23. The van der Waals surface area contributed by atoms with Gasteiger partial charge in [0.1, 0.15) is 5.82 Å². The number of benzene rings is 2. The van der Waals surface area contributed by atoms with Crippen LogP contribution in [0.2, 0.25) is 0 Å². The zero-order valence-corrected chi connectivity index (χ0v) is 12.7. The van der Waals surface area contributed by atoms with Gasteiger partial charge in [-0.1, -0.05) is 24.3 Å². The summed E-state index contributed by atoms with van der Waals surface area (Å²) in [6, 6.07) is 15.6. The van der Waals surface area contributed by atoms with Crippen LogP contribution in [0.15, 0.2) is 53.3 Å². The number of hydrogen-bond donors (Lipinski definition) is 2. The van der Waals surface area contributed by atoms with Crippen LogP contribution in [-0.2, 0) is 0 Å². The number of nitrogens with one attached hydrogen (secondary N) is 2. The zero-order valence-electron chi connectivity index (χ0n) is 12.7. The molecule has 5 heteroatoms. The maximum Gasteiger partial charge on any atom is 0.259 e. The second-order valence-corrected chi connectivity index (χ2v) is 5.69. The highest BCUT2D eigenvalue weighted by molar-refractivity contribution is 5.82. The van der Waals surface area contributed by atoms with Crippen LogP contribution in [0.5, 0.6) is 0 Å². The molecule has 2 aromatic carbocycles. The predicted octanol–water partition coefficient (Wildman–Crippen LogP) is 2.00. The predicted molar refractivity (Wildman–Crippen MR) is 92.9 cm³/mol. The minimum Gasteiger partial charge on any atom is -0.368 e. The van der Waals surface area contributed by atoms with E-state index < -0.39 is 0 Å². The molecule has 2 heterocycles. The molecule has 0 aliphatic carbocycles. The van der Waals surface area contributed by atoms with E-state index in [9.17, 15) is 4.79 Å². The number of rotatable bonds is 2. The van der Waals surface area contributed by atoms with Gasteiger partial charge in [0.2, 0.25) is 0 Å². The molecule has 1 aliphatic rings. The summed E-state index contributed by atoms with van der Waals surface area (Å²) in [5.74, 6) is 0.628. The van der Waals surface area contributed by atoms with Crippen molar-refractivity contribution in [1.82, 2.24) is 15.3 Å². The van der Waals surface area contributed by atoms with E-state index >= 15 is 0 Å². The van der Waals surface area contributed by atoms with Crippen molar-refractivity contribution in [2.45, 2.75) is 0 Å². The molecular formula is C18H18N4O. The lowest BCUT2D eigenvalue weighted by molar-refractivity contribution is 0.589. The molecule has 0 bridgehead atoms. The Morgan fingerprint density at radius 1 is 0.957 bits per heavy atom. The number of aromatic amines is 1. The Morgan fingerprint density at radius 3 is 2.57 bits per heavy atom. The number of para-hydroxylation sites is 2. The van der Waals surface area contributed by atoms with Gasteiger partial charge in [-0.3, -0.25) is 4.79 Å². The first-order valence-electron chi connectivity index (χ1n) is 7.87. The van der Waals surface area contributed by atoms with Crippen molar-refractivity contribution in [3.8, 4) is 11.4 Å². The quantitative estimate of drug-likeness (QED) is 0.760. The Labute approximate surface area is 134 Å². The molecule has 2 N–H and O–H groups in total. The van der Waals surface area contributed by atoms with Crippen LogP contribution < -0.4 is 15.8 Å². The molecule has 0 spiro atoms. The minimum absolute atomic E-state index is 0.0966. The standard InChI is InChI=1S/C18H18N4O/c23-18-13-5-1-3-7-15(13)20-17(21-18)14-6-2-4-8-16(14)22-11-9-19-10-12-22/h1-8,19H,9-12H2,(H,20,21,23). The maximum absolute atomic E-state index is 12.3. The lowest BCUT2D eigenvalue weighted by Gasteiger charge is -2.30. The van der Waals surface area contributed by atoms with E-state index in [1.54, 1.807) is 6.07 Å². The third-order valence-electron chi connectivity index (χ3n) is 4.23. The lowest BCUT2D eigenvalue weighted by atomic mass is 10.1. The first-order valence-corrected chi connectivity index (χ1v) is 7.87. The van der Waals surface area contributed by atoms with Gasteiger partial charge in [-0.15, -0.1) is 0 Å². The van der Waals surface area contributed by atoms with Crippen LogP contribution in [0.3, 0.4) is 0 Å². The van der Waals surface area contributed by atoms with Gasteiger partial charge in [0.15, 0.2) is 0 Å². The Balaban J connectivity index is 1.86. The fourth-order valence-electron chi connectivity index (χ4n) is 3.07. The van der Waals surface area contributed by atoms with E-state index in [-0.39, 0.29) is 5.56 Å². The number of nitrogens with zero attached hydrogens (tertiary/aromatic N) is 2. The molecule has 1 saturated heterocycles. The fraction of sp³-hybridized carbons (Fsp3) is 0.222. The van der Waals surface area contributed by atoms with Crippen LogP contribution in [0.4, 0.5) is 5.69 Å². The Kier molecular flexibility index (Phi) is 3.55. The molecule has 3 aromatic rings. The van der Waals surface area contributed by atoms with Crippen molar-refractivity contribution < 1.29 is 0 Å². The van der Waals surface area contributed by atoms with E-state index in [0.29, 0.717) is 11.2 Å². The summed E-state index contributed by atoms with van der Waals surface area (Å²) in [4.78, 5) is 22.3. The van der Waals surface area contributed by atoms with Crippen molar-refractivity contribution >= 4 is 16.6 Å². The number of fused-ring (bicyclic) bond motifs is 1. The summed E-state index contributed by atoms with van der Waals surface area (Å²) < 4.78 is 0. The fourth-order valence-corrected chi connectivity index (χ4v) is 3.07. The first kappa shape index (κ1) is 14.0. The zero-order chi connectivity index (χ0) is 15.6. The molecule has 0 amide bonds. The molecule has 5 nitrogen and oxygen atoms in total. The normalized spacial score (nSPS) is 15.0. The highest BCUT2D eigenvalue weighted by Crippen LogP contribution is 2.28. The Morgan fingerprint density at radius 2 is 1.70 bits per heavy atom. The number of H-pyrrole nitrogens is 1. The van der Waals surface area contributed by atoms with Crippen molar-refractivity contribution in [1.29, 1.82) is 0 Å². The van der Waals surface area contributed by atoms with Crippen molar-refractivity contribution in [2.24, 2.45) is 0 Å². The smallest absolute Gasteiger partial charge is 0.259 e. The molecule has 1 aliphatic heterocycles. The van der Waals surface area contributed by atoms with E-state index in [1.165, 1.54) is 0 Å². The Bertz CT molecular complexity index is 897. The lowest BCUT2D eigenvalue weighted by Crippen LogP contribution is -2.43. The van der Waals surface area contributed by atoms with Gasteiger partial charge in [0.05, 0.1) is 10.9 Å². The van der Waals surface area contributed by atoms with Crippen LogP contribution in [0.1, 0.15) is 0 Å².